The second-order valence-electron chi connectivity index (χ2n) is 3.62. The van der Waals surface area contributed by atoms with Crippen LogP contribution in [0.25, 0.3) is 0 Å². The summed E-state index contributed by atoms with van der Waals surface area (Å²) >= 11 is 0. The Labute approximate surface area is 110 Å². The SMILES string of the molecule is CCNc1ncnc(N(CCO)CCO)c1[N+](=O)[O-]. The number of nitrogens with one attached hydrogen (secondary N) is 1. The molecular weight excluding hydrogens is 254 g/mol. The molecule has 9 nitrogen and oxygen atoms in total. The summed E-state index contributed by atoms with van der Waals surface area (Å²) in [6.07, 6.45) is 1.21. The van der Waals surface area contributed by atoms with Crippen LogP contribution in [0.2, 0.25) is 0 Å². The van der Waals surface area contributed by atoms with Crippen LogP contribution in [-0.4, -0.2) is 58.0 Å². The highest BCUT2D eigenvalue weighted by Gasteiger charge is 2.26. The van der Waals surface area contributed by atoms with E-state index in [0.717, 1.165) is 0 Å². The van der Waals surface area contributed by atoms with E-state index in [0.29, 0.717) is 6.54 Å². The van der Waals surface area contributed by atoms with E-state index in [9.17, 15) is 10.1 Å². The van der Waals surface area contributed by atoms with Gasteiger partial charge < -0.3 is 20.4 Å². The summed E-state index contributed by atoms with van der Waals surface area (Å²) in [5.41, 5.74) is -0.258. The molecule has 1 aromatic rings. The van der Waals surface area contributed by atoms with Gasteiger partial charge in [-0.15, -0.1) is 0 Å². The van der Waals surface area contributed by atoms with Gasteiger partial charge in [-0.05, 0) is 6.92 Å². The molecular formula is C10H17N5O4. The fourth-order valence-corrected chi connectivity index (χ4v) is 1.63. The number of aliphatic hydroxyl groups excluding tert-OH is 2. The molecule has 0 bridgehead atoms. The predicted molar refractivity (Wildman–Crippen MR) is 69.2 cm³/mol. The molecule has 0 aliphatic heterocycles. The highest BCUT2D eigenvalue weighted by atomic mass is 16.6. The summed E-state index contributed by atoms with van der Waals surface area (Å²) in [5, 5.41) is 31.9. The molecule has 9 heteroatoms. The maximum atomic E-state index is 11.2. The van der Waals surface area contributed by atoms with E-state index in [-0.39, 0.29) is 43.6 Å². The minimum absolute atomic E-state index is 0.0825. The Morgan fingerprint density at radius 3 is 2.47 bits per heavy atom. The maximum Gasteiger partial charge on any atom is 0.353 e. The molecule has 0 radical (unpaired) electrons. The zero-order valence-electron chi connectivity index (χ0n) is 10.6. The minimum Gasteiger partial charge on any atom is -0.395 e. The lowest BCUT2D eigenvalue weighted by Gasteiger charge is -2.21. The van der Waals surface area contributed by atoms with E-state index in [2.05, 4.69) is 15.3 Å². The second kappa shape index (κ2) is 7.44. The van der Waals surface area contributed by atoms with Crippen LogP contribution in [0.3, 0.4) is 0 Å². The van der Waals surface area contributed by atoms with E-state index in [4.69, 9.17) is 10.2 Å². The summed E-state index contributed by atoms with van der Waals surface area (Å²) < 4.78 is 0. The van der Waals surface area contributed by atoms with E-state index >= 15 is 0 Å². The molecule has 0 aromatic carbocycles. The number of hydrogen-bond acceptors (Lipinski definition) is 8. The third kappa shape index (κ3) is 3.73. The average Bonchev–Trinajstić information content (AvgIpc) is 2.38. The van der Waals surface area contributed by atoms with Crippen LogP contribution in [-0.2, 0) is 0 Å². The molecule has 0 spiro atoms. The van der Waals surface area contributed by atoms with Crippen LogP contribution in [0.5, 0.6) is 0 Å². The molecule has 1 rings (SSSR count). The summed E-state index contributed by atoms with van der Waals surface area (Å²) in [4.78, 5) is 19.8. The fourth-order valence-electron chi connectivity index (χ4n) is 1.63. The molecule has 1 aromatic heterocycles. The van der Waals surface area contributed by atoms with Crippen molar-refractivity contribution in [2.24, 2.45) is 0 Å². The number of rotatable bonds is 8. The first-order valence-electron chi connectivity index (χ1n) is 5.85. The molecule has 0 amide bonds. The number of aliphatic hydroxyl groups is 2. The van der Waals surface area contributed by atoms with Crippen molar-refractivity contribution >= 4 is 17.3 Å². The summed E-state index contributed by atoms with van der Waals surface area (Å²) in [5.74, 6) is 0.206. The molecule has 1 heterocycles. The quantitative estimate of drug-likeness (QED) is 0.431. The molecule has 19 heavy (non-hydrogen) atoms. The van der Waals surface area contributed by atoms with Crippen molar-refractivity contribution in [1.29, 1.82) is 0 Å². The molecule has 3 N–H and O–H groups in total. The van der Waals surface area contributed by atoms with Gasteiger partial charge in [-0.1, -0.05) is 0 Å². The number of nitro groups is 1. The molecule has 0 atom stereocenters. The average molecular weight is 271 g/mol. The Balaban J connectivity index is 3.23. The number of hydrogen-bond donors (Lipinski definition) is 3. The Morgan fingerprint density at radius 2 is 2.00 bits per heavy atom. The second-order valence-corrected chi connectivity index (χ2v) is 3.62. The van der Waals surface area contributed by atoms with Crippen LogP contribution >= 0.6 is 0 Å². The van der Waals surface area contributed by atoms with Gasteiger partial charge >= 0.3 is 5.69 Å². The zero-order valence-corrected chi connectivity index (χ0v) is 10.6. The first-order valence-corrected chi connectivity index (χ1v) is 5.85. The largest absolute Gasteiger partial charge is 0.395 e. The van der Waals surface area contributed by atoms with Crippen LogP contribution in [0, 0.1) is 10.1 Å². The van der Waals surface area contributed by atoms with Crippen molar-refractivity contribution < 1.29 is 15.1 Å². The third-order valence-electron chi connectivity index (χ3n) is 2.37. The van der Waals surface area contributed by atoms with Crippen molar-refractivity contribution in [2.75, 3.05) is 43.1 Å². The fraction of sp³-hybridized carbons (Fsp3) is 0.600. The lowest BCUT2D eigenvalue weighted by Crippen LogP contribution is -2.31. The molecule has 0 aliphatic carbocycles. The first kappa shape index (κ1) is 15.1. The normalized spacial score (nSPS) is 10.3. The Kier molecular flexibility index (Phi) is 5.90. The third-order valence-corrected chi connectivity index (χ3v) is 2.37. The van der Waals surface area contributed by atoms with Crippen molar-refractivity contribution in [3.63, 3.8) is 0 Å². The van der Waals surface area contributed by atoms with Crippen LogP contribution in [0.1, 0.15) is 6.92 Å². The van der Waals surface area contributed by atoms with Crippen LogP contribution in [0.4, 0.5) is 17.3 Å². The molecule has 0 saturated heterocycles. The van der Waals surface area contributed by atoms with E-state index in [1.165, 1.54) is 11.2 Å². The smallest absolute Gasteiger partial charge is 0.353 e. The lowest BCUT2D eigenvalue weighted by molar-refractivity contribution is -0.383. The van der Waals surface area contributed by atoms with Crippen LogP contribution in [0.15, 0.2) is 6.33 Å². The van der Waals surface area contributed by atoms with Gasteiger partial charge in [0.1, 0.15) is 6.33 Å². The number of nitrogens with zero attached hydrogens (tertiary/aromatic N) is 4. The lowest BCUT2D eigenvalue weighted by atomic mass is 10.3. The molecule has 0 saturated carbocycles. The van der Waals surface area contributed by atoms with Gasteiger partial charge in [-0.2, -0.15) is 0 Å². The highest BCUT2D eigenvalue weighted by Crippen LogP contribution is 2.31. The van der Waals surface area contributed by atoms with E-state index < -0.39 is 4.92 Å². The molecule has 0 aliphatic rings. The minimum atomic E-state index is -0.574. The summed E-state index contributed by atoms with van der Waals surface area (Å²) in [6, 6.07) is 0. The number of anilines is 2. The predicted octanol–water partition coefficient (Wildman–Crippen LogP) is -0.392. The van der Waals surface area contributed by atoms with Crippen molar-refractivity contribution in [1.82, 2.24) is 9.97 Å². The summed E-state index contributed by atoms with van der Waals surface area (Å²) in [7, 11) is 0. The van der Waals surface area contributed by atoms with Gasteiger partial charge in [0.05, 0.1) is 18.1 Å². The Bertz CT molecular complexity index is 422. The highest BCUT2D eigenvalue weighted by molar-refractivity contribution is 5.70. The standard InChI is InChI=1S/C10H17N5O4/c1-2-11-9-8(15(18)19)10(13-7-12-9)14(3-5-16)4-6-17/h7,16-17H,2-6H2,1H3,(H,11,12,13). The summed E-state index contributed by atoms with van der Waals surface area (Å²) in [6.45, 7) is 2.17. The van der Waals surface area contributed by atoms with Crippen molar-refractivity contribution in [2.45, 2.75) is 6.92 Å². The number of aromatic nitrogens is 2. The molecule has 106 valence electrons. The van der Waals surface area contributed by atoms with Crippen molar-refractivity contribution in [3.8, 4) is 0 Å². The van der Waals surface area contributed by atoms with Gasteiger partial charge in [0.25, 0.3) is 0 Å². The van der Waals surface area contributed by atoms with Gasteiger partial charge in [0, 0.05) is 19.6 Å². The topological polar surface area (TPSA) is 125 Å². The first-order chi connectivity index (χ1) is 9.15. The monoisotopic (exact) mass is 271 g/mol. The Morgan fingerprint density at radius 1 is 1.37 bits per heavy atom. The zero-order chi connectivity index (χ0) is 14.3. The van der Waals surface area contributed by atoms with E-state index in [1.54, 1.807) is 6.92 Å². The van der Waals surface area contributed by atoms with E-state index in [1.807, 2.05) is 0 Å². The van der Waals surface area contributed by atoms with Gasteiger partial charge in [-0.3, -0.25) is 10.1 Å². The van der Waals surface area contributed by atoms with Crippen LogP contribution < -0.4 is 10.2 Å². The molecule has 0 unspecified atom stereocenters. The molecule has 0 fully saturated rings. The van der Waals surface area contributed by atoms with Gasteiger partial charge in [-0.25, -0.2) is 9.97 Å². The van der Waals surface area contributed by atoms with Crippen molar-refractivity contribution in [3.05, 3.63) is 16.4 Å². The van der Waals surface area contributed by atoms with Gasteiger partial charge in [0.15, 0.2) is 0 Å². The van der Waals surface area contributed by atoms with Gasteiger partial charge in [0.2, 0.25) is 11.6 Å². The maximum absolute atomic E-state index is 11.2. The Hall–Kier alpha value is -2.00.